The van der Waals surface area contributed by atoms with E-state index in [9.17, 15) is 4.79 Å². The van der Waals surface area contributed by atoms with Crippen LogP contribution in [0.25, 0.3) is 11.3 Å². The van der Waals surface area contributed by atoms with Crippen molar-refractivity contribution in [3.63, 3.8) is 0 Å². The van der Waals surface area contributed by atoms with Gasteiger partial charge in [-0.15, -0.1) is 0 Å². The normalized spacial score (nSPS) is 11.9. The molecule has 4 heteroatoms. The van der Waals surface area contributed by atoms with Crippen LogP contribution in [-0.2, 0) is 9.53 Å². The zero-order valence-electron chi connectivity index (χ0n) is 10.3. The van der Waals surface area contributed by atoms with E-state index in [-0.39, 0.29) is 11.9 Å². The van der Waals surface area contributed by atoms with Crippen LogP contribution >= 0.6 is 0 Å². The van der Waals surface area contributed by atoms with Gasteiger partial charge in [0.25, 0.3) is 0 Å². The van der Waals surface area contributed by atoms with Gasteiger partial charge in [-0.2, -0.15) is 0 Å². The molecule has 0 saturated carbocycles. The van der Waals surface area contributed by atoms with Gasteiger partial charge in [0.15, 0.2) is 0 Å². The third-order valence-electron chi connectivity index (χ3n) is 2.80. The molecule has 2 aromatic heterocycles. The Kier molecular flexibility index (Phi) is 3.67. The second-order valence-electron chi connectivity index (χ2n) is 3.96. The molecule has 0 aliphatic carbocycles. The first-order chi connectivity index (χ1) is 8.72. The zero-order valence-corrected chi connectivity index (χ0v) is 10.3. The third-order valence-corrected chi connectivity index (χ3v) is 2.80. The van der Waals surface area contributed by atoms with E-state index < -0.39 is 0 Å². The molecule has 0 aliphatic rings. The summed E-state index contributed by atoms with van der Waals surface area (Å²) in [7, 11) is 1.39. The van der Waals surface area contributed by atoms with Crippen LogP contribution in [0, 0.1) is 0 Å². The molecule has 2 heterocycles. The Morgan fingerprint density at radius 1 is 1.28 bits per heavy atom. The van der Waals surface area contributed by atoms with Crippen LogP contribution in [0.2, 0.25) is 0 Å². The van der Waals surface area contributed by atoms with Crippen molar-refractivity contribution in [3.8, 4) is 11.3 Å². The van der Waals surface area contributed by atoms with Crippen molar-refractivity contribution in [3.05, 3.63) is 48.4 Å². The lowest BCUT2D eigenvalue weighted by Crippen LogP contribution is -2.10. The first kappa shape index (κ1) is 12.2. The van der Waals surface area contributed by atoms with Crippen molar-refractivity contribution in [2.75, 3.05) is 7.11 Å². The Morgan fingerprint density at radius 2 is 2.11 bits per heavy atom. The van der Waals surface area contributed by atoms with E-state index in [0.29, 0.717) is 0 Å². The lowest BCUT2D eigenvalue weighted by atomic mass is 10.0. The van der Waals surface area contributed by atoms with Gasteiger partial charge in [-0.05, 0) is 30.7 Å². The standard InChI is InChI=1S/C14H14N2O2/c1-10(14(17)18-2)11-5-6-13(16-9-11)12-4-3-7-15-8-12/h3-10H,1-2H3. The van der Waals surface area contributed by atoms with Gasteiger partial charge < -0.3 is 4.74 Å². The summed E-state index contributed by atoms with van der Waals surface area (Å²) in [6.07, 6.45) is 5.17. The fourth-order valence-corrected chi connectivity index (χ4v) is 1.66. The second-order valence-corrected chi connectivity index (χ2v) is 3.96. The van der Waals surface area contributed by atoms with Crippen molar-refractivity contribution in [2.24, 2.45) is 0 Å². The maximum absolute atomic E-state index is 11.4. The summed E-state index contributed by atoms with van der Waals surface area (Å²) < 4.78 is 4.70. The van der Waals surface area contributed by atoms with E-state index >= 15 is 0 Å². The molecule has 0 radical (unpaired) electrons. The highest BCUT2D eigenvalue weighted by atomic mass is 16.5. The molecule has 0 spiro atoms. The highest BCUT2D eigenvalue weighted by Gasteiger charge is 2.15. The Hall–Kier alpha value is -2.23. The molecule has 0 N–H and O–H groups in total. The van der Waals surface area contributed by atoms with E-state index in [0.717, 1.165) is 16.8 Å². The highest BCUT2D eigenvalue weighted by molar-refractivity contribution is 5.77. The van der Waals surface area contributed by atoms with Gasteiger partial charge in [0.2, 0.25) is 0 Å². The molecule has 0 aromatic carbocycles. The summed E-state index contributed by atoms with van der Waals surface area (Å²) >= 11 is 0. The van der Waals surface area contributed by atoms with Gasteiger partial charge in [-0.3, -0.25) is 14.8 Å². The molecule has 2 rings (SSSR count). The van der Waals surface area contributed by atoms with Crippen molar-refractivity contribution < 1.29 is 9.53 Å². The summed E-state index contributed by atoms with van der Waals surface area (Å²) in [5.41, 5.74) is 2.63. The van der Waals surface area contributed by atoms with Gasteiger partial charge in [-0.25, -0.2) is 0 Å². The molecule has 2 aromatic rings. The average Bonchev–Trinajstić information content (AvgIpc) is 2.47. The maximum atomic E-state index is 11.4. The van der Waals surface area contributed by atoms with Crippen LogP contribution in [0.5, 0.6) is 0 Å². The Morgan fingerprint density at radius 3 is 2.67 bits per heavy atom. The van der Waals surface area contributed by atoms with Crippen molar-refractivity contribution in [2.45, 2.75) is 12.8 Å². The number of aromatic nitrogens is 2. The van der Waals surface area contributed by atoms with Crippen LogP contribution in [0.3, 0.4) is 0 Å². The quantitative estimate of drug-likeness (QED) is 0.776. The minimum absolute atomic E-state index is 0.258. The number of methoxy groups -OCH3 is 1. The van der Waals surface area contributed by atoms with Crippen LogP contribution in [0.1, 0.15) is 18.4 Å². The van der Waals surface area contributed by atoms with Crippen LogP contribution in [-0.4, -0.2) is 23.0 Å². The van der Waals surface area contributed by atoms with E-state index in [4.69, 9.17) is 4.74 Å². The number of nitrogens with zero attached hydrogens (tertiary/aromatic N) is 2. The molecule has 1 unspecified atom stereocenters. The Bertz CT molecular complexity index is 523. The van der Waals surface area contributed by atoms with Crippen LogP contribution in [0.4, 0.5) is 0 Å². The molecule has 0 bridgehead atoms. The van der Waals surface area contributed by atoms with Crippen molar-refractivity contribution >= 4 is 5.97 Å². The summed E-state index contributed by atoms with van der Waals surface area (Å²) in [6.45, 7) is 1.80. The highest BCUT2D eigenvalue weighted by Crippen LogP contribution is 2.20. The Balaban J connectivity index is 2.23. The molecule has 1 atom stereocenters. The maximum Gasteiger partial charge on any atom is 0.312 e. The first-order valence-corrected chi connectivity index (χ1v) is 5.66. The van der Waals surface area contributed by atoms with Crippen molar-refractivity contribution in [1.29, 1.82) is 0 Å². The SMILES string of the molecule is COC(=O)C(C)c1ccc(-c2cccnc2)nc1. The third kappa shape index (κ3) is 2.53. The number of ether oxygens (including phenoxy) is 1. The summed E-state index contributed by atoms with van der Waals surface area (Å²) in [5, 5.41) is 0. The number of pyridine rings is 2. The molecule has 4 nitrogen and oxygen atoms in total. The topological polar surface area (TPSA) is 52.1 Å². The fourth-order valence-electron chi connectivity index (χ4n) is 1.66. The monoisotopic (exact) mass is 242 g/mol. The fraction of sp³-hybridized carbons (Fsp3) is 0.214. The number of hydrogen-bond acceptors (Lipinski definition) is 4. The van der Waals surface area contributed by atoms with Crippen LogP contribution in [0.15, 0.2) is 42.9 Å². The smallest absolute Gasteiger partial charge is 0.312 e. The predicted octanol–water partition coefficient (Wildman–Crippen LogP) is 2.42. The minimum atomic E-state index is -0.301. The molecular weight excluding hydrogens is 228 g/mol. The summed E-state index contributed by atoms with van der Waals surface area (Å²) in [4.78, 5) is 19.8. The van der Waals surface area contributed by atoms with E-state index in [1.54, 1.807) is 25.5 Å². The largest absolute Gasteiger partial charge is 0.469 e. The molecule has 0 aliphatic heterocycles. The first-order valence-electron chi connectivity index (χ1n) is 5.66. The van der Waals surface area contributed by atoms with Gasteiger partial charge in [0.1, 0.15) is 0 Å². The number of esters is 1. The lowest BCUT2D eigenvalue weighted by molar-refractivity contribution is -0.142. The lowest BCUT2D eigenvalue weighted by Gasteiger charge is -2.09. The Labute approximate surface area is 106 Å². The van der Waals surface area contributed by atoms with E-state index in [1.807, 2.05) is 24.3 Å². The molecular formula is C14H14N2O2. The van der Waals surface area contributed by atoms with Gasteiger partial charge in [0, 0.05) is 24.2 Å². The number of hydrogen-bond donors (Lipinski definition) is 0. The van der Waals surface area contributed by atoms with Gasteiger partial charge in [-0.1, -0.05) is 6.07 Å². The van der Waals surface area contributed by atoms with Crippen LogP contribution < -0.4 is 0 Å². The predicted molar refractivity (Wildman–Crippen MR) is 67.9 cm³/mol. The minimum Gasteiger partial charge on any atom is -0.469 e. The molecule has 0 saturated heterocycles. The molecule has 18 heavy (non-hydrogen) atoms. The van der Waals surface area contributed by atoms with Crippen molar-refractivity contribution in [1.82, 2.24) is 9.97 Å². The number of rotatable bonds is 3. The molecule has 92 valence electrons. The van der Waals surface area contributed by atoms with E-state index in [2.05, 4.69) is 9.97 Å². The van der Waals surface area contributed by atoms with Gasteiger partial charge >= 0.3 is 5.97 Å². The summed E-state index contributed by atoms with van der Waals surface area (Å²) in [5.74, 6) is -0.559. The second kappa shape index (κ2) is 5.40. The van der Waals surface area contributed by atoms with E-state index in [1.165, 1.54) is 7.11 Å². The molecule has 0 fully saturated rings. The summed E-state index contributed by atoms with van der Waals surface area (Å²) in [6, 6.07) is 7.57. The van der Waals surface area contributed by atoms with Gasteiger partial charge in [0.05, 0.1) is 18.7 Å². The zero-order chi connectivity index (χ0) is 13.0. The molecule has 0 amide bonds. The number of carbonyl (C=O) groups is 1. The number of carbonyl (C=O) groups excluding carboxylic acids is 1. The average molecular weight is 242 g/mol.